The molecule has 0 aliphatic rings. The van der Waals surface area contributed by atoms with E-state index in [1.807, 2.05) is 30.3 Å². The zero-order valence-corrected chi connectivity index (χ0v) is 16.3. The third-order valence-corrected chi connectivity index (χ3v) is 3.89. The highest BCUT2D eigenvalue weighted by molar-refractivity contribution is 5.68. The Morgan fingerprint density at radius 3 is 2.18 bits per heavy atom. The molecule has 0 saturated carbocycles. The predicted molar refractivity (Wildman–Crippen MR) is 105 cm³/mol. The minimum atomic E-state index is -1.17. The summed E-state index contributed by atoms with van der Waals surface area (Å²) in [6.07, 6.45) is -0.712. The van der Waals surface area contributed by atoms with Crippen LogP contribution in [0.1, 0.15) is 37.9 Å². The van der Waals surface area contributed by atoms with Gasteiger partial charge >= 0.3 is 6.09 Å². The van der Waals surface area contributed by atoms with Gasteiger partial charge < -0.3 is 14.8 Å². The molecular weight excluding hydrogens is 360 g/mol. The minimum absolute atomic E-state index is 0.156. The second kappa shape index (κ2) is 9.85. The summed E-state index contributed by atoms with van der Waals surface area (Å²) in [5.41, 5.74) is 0.818. The van der Waals surface area contributed by atoms with Crippen LogP contribution in [0.5, 0.6) is 0 Å². The molecule has 2 aromatic rings. The van der Waals surface area contributed by atoms with Crippen molar-refractivity contribution >= 4 is 6.09 Å². The topological polar surface area (TPSA) is 90.7 Å². The van der Waals surface area contributed by atoms with Crippen LogP contribution in [0.25, 0.3) is 0 Å². The number of rotatable bonds is 8. The van der Waals surface area contributed by atoms with E-state index in [0.29, 0.717) is 5.56 Å². The number of carbonyl (C=O) groups is 1. The molecule has 7 heteroatoms. The van der Waals surface area contributed by atoms with Crippen LogP contribution in [0.4, 0.5) is 4.79 Å². The number of hydrogen-bond acceptors (Lipinski definition) is 5. The molecule has 0 fully saturated rings. The van der Waals surface area contributed by atoms with Crippen LogP contribution < -0.4 is 5.32 Å². The van der Waals surface area contributed by atoms with Gasteiger partial charge in [-0.3, -0.25) is 10.1 Å². The van der Waals surface area contributed by atoms with E-state index in [0.717, 1.165) is 5.56 Å². The largest absolute Gasteiger partial charge is 0.444 e. The van der Waals surface area contributed by atoms with Crippen molar-refractivity contribution in [1.29, 1.82) is 0 Å². The van der Waals surface area contributed by atoms with E-state index in [4.69, 9.17) is 9.47 Å². The van der Waals surface area contributed by atoms with Crippen molar-refractivity contribution < 1.29 is 19.2 Å². The first kappa shape index (κ1) is 21.4. The van der Waals surface area contributed by atoms with Crippen LogP contribution in [-0.2, 0) is 16.1 Å². The Balaban J connectivity index is 2.14. The minimum Gasteiger partial charge on any atom is -0.444 e. The predicted octanol–water partition coefficient (Wildman–Crippen LogP) is 4.11. The molecule has 0 aromatic heterocycles. The summed E-state index contributed by atoms with van der Waals surface area (Å²) < 4.78 is 10.9. The van der Waals surface area contributed by atoms with Crippen LogP contribution in [-0.4, -0.2) is 29.3 Å². The fourth-order valence-corrected chi connectivity index (χ4v) is 2.65. The number of nitrogens with one attached hydrogen (secondary N) is 1. The number of amides is 1. The van der Waals surface area contributed by atoms with Crippen LogP contribution in [0.15, 0.2) is 60.7 Å². The lowest BCUT2D eigenvalue weighted by molar-refractivity contribution is -0.532. The standard InChI is InChI=1S/C21H26N2O5/c1-21(2,3)28-20(24)22-19(17-12-8-5-9-13-17)18(23(25)26)15-27-14-16-10-6-4-7-11-16/h4-13,18-19H,14-15H2,1-3H3,(H,22,24)/t18-,19+/m0/s1. The monoisotopic (exact) mass is 386 g/mol. The Labute approximate surface area is 164 Å². The van der Waals surface area contributed by atoms with Crippen molar-refractivity contribution in [3.63, 3.8) is 0 Å². The summed E-state index contributed by atoms with van der Waals surface area (Å²) in [7, 11) is 0. The number of carbonyl (C=O) groups excluding carboxylic acids is 1. The van der Waals surface area contributed by atoms with Gasteiger partial charge in [-0.2, -0.15) is 0 Å². The van der Waals surface area contributed by atoms with Gasteiger partial charge in [0.2, 0.25) is 0 Å². The first-order chi connectivity index (χ1) is 13.3. The van der Waals surface area contributed by atoms with Gasteiger partial charge in [0, 0.05) is 4.92 Å². The van der Waals surface area contributed by atoms with E-state index in [1.54, 1.807) is 51.1 Å². The average Bonchev–Trinajstić information content (AvgIpc) is 2.63. The number of ether oxygens (including phenoxy) is 2. The fourth-order valence-electron chi connectivity index (χ4n) is 2.65. The molecule has 0 saturated heterocycles. The molecule has 2 atom stereocenters. The highest BCUT2D eigenvalue weighted by atomic mass is 16.6. The Hall–Kier alpha value is -2.93. The van der Waals surface area contributed by atoms with Gasteiger partial charge in [-0.05, 0) is 31.9 Å². The lowest BCUT2D eigenvalue weighted by Crippen LogP contribution is -2.44. The molecule has 2 rings (SSSR count). The van der Waals surface area contributed by atoms with E-state index < -0.39 is 28.7 Å². The lowest BCUT2D eigenvalue weighted by Gasteiger charge is -2.25. The van der Waals surface area contributed by atoms with E-state index in [-0.39, 0.29) is 13.2 Å². The van der Waals surface area contributed by atoms with Crippen molar-refractivity contribution in [2.24, 2.45) is 0 Å². The number of nitrogens with zero attached hydrogens (tertiary/aromatic N) is 1. The molecule has 0 aliphatic heterocycles. The van der Waals surface area contributed by atoms with Crippen LogP contribution in [0.2, 0.25) is 0 Å². The molecule has 150 valence electrons. The Morgan fingerprint density at radius 1 is 1.07 bits per heavy atom. The normalized spacial score (nSPS) is 13.4. The molecule has 28 heavy (non-hydrogen) atoms. The van der Waals surface area contributed by atoms with Crippen molar-refractivity contribution in [3.8, 4) is 0 Å². The van der Waals surface area contributed by atoms with Crippen molar-refractivity contribution in [2.45, 2.75) is 45.1 Å². The third-order valence-electron chi connectivity index (χ3n) is 3.89. The third kappa shape index (κ3) is 7.00. The first-order valence-electron chi connectivity index (χ1n) is 9.06. The van der Waals surface area contributed by atoms with E-state index in [9.17, 15) is 14.9 Å². The summed E-state index contributed by atoms with van der Waals surface area (Å²) in [6, 6.07) is 16.2. The van der Waals surface area contributed by atoms with Gasteiger partial charge in [-0.1, -0.05) is 60.7 Å². The maximum atomic E-state index is 12.3. The molecule has 2 aromatic carbocycles. The van der Waals surface area contributed by atoms with E-state index in [2.05, 4.69) is 5.32 Å². The number of benzene rings is 2. The van der Waals surface area contributed by atoms with Gasteiger partial charge in [-0.25, -0.2) is 4.79 Å². The quantitative estimate of drug-likeness (QED) is 0.544. The van der Waals surface area contributed by atoms with Crippen LogP contribution in [0, 0.1) is 10.1 Å². The summed E-state index contributed by atoms with van der Waals surface area (Å²) in [6.45, 7) is 5.30. The van der Waals surface area contributed by atoms with Gasteiger partial charge in [0.1, 0.15) is 18.2 Å². The molecule has 0 bridgehead atoms. The van der Waals surface area contributed by atoms with Crippen molar-refractivity contribution in [1.82, 2.24) is 5.32 Å². The Bertz CT molecular complexity index is 759. The lowest BCUT2D eigenvalue weighted by atomic mass is 10.0. The number of hydrogen-bond donors (Lipinski definition) is 1. The molecule has 1 N–H and O–H groups in total. The number of alkyl carbamates (subject to hydrolysis) is 1. The molecule has 0 heterocycles. The highest BCUT2D eigenvalue weighted by Crippen LogP contribution is 2.21. The summed E-state index contributed by atoms with van der Waals surface area (Å²) in [4.78, 5) is 23.6. The van der Waals surface area contributed by atoms with Gasteiger partial charge in [0.05, 0.1) is 6.61 Å². The summed E-state index contributed by atoms with van der Waals surface area (Å²) in [5, 5.41) is 14.4. The SMILES string of the molecule is CC(C)(C)OC(=O)N[C@H](c1ccccc1)[C@H](COCc1ccccc1)[N+](=O)[O-]. The fraction of sp³-hybridized carbons (Fsp3) is 0.381. The Morgan fingerprint density at radius 2 is 1.64 bits per heavy atom. The molecular formula is C21H26N2O5. The molecule has 0 spiro atoms. The molecule has 1 amide bonds. The van der Waals surface area contributed by atoms with E-state index >= 15 is 0 Å². The van der Waals surface area contributed by atoms with Crippen molar-refractivity contribution in [3.05, 3.63) is 81.9 Å². The van der Waals surface area contributed by atoms with Crippen molar-refractivity contribution in [2.75, 3.05) is 6.61 Å². The molecule has 7 nitrogen and oxygen atoms in total. The average molecular weight is 386 g/mol. The van der Waals surface area contributed by atoms with Gasteiger partial charge in [0.15, 0.2) is 0 Å². The molecule has 0 radical (unpaired) electrons. The zero-order chi connectivity index (χ0) is 20.6. The van der Waals surface area contributed by atoms with E-state index in [1.165, 1.54) is 0 Å². The zero-order valence-electron chi connectivity index (χ0n) is 16.3. The smallest absolute Gasteiger partial charge is 0.408 e. The first-order valence-corrected chi connectivity index (χ1v) is 9.06. The maximum Gasteiger partial charge on any atom is 0.408 e. The van der Waals surface area contributed by atoms with Gasteiger partial charge in [-0.15, -0.1) is 0 Å². The van der Waals surface area contributed by atoms with Gasteiger partial charge in [0.25, 0.3) is 6.04 Å². The van der Waals surface area contributed by atoms with Crippen LogP contribution >= 0.6 is 0 Å². The Kier molecular flexibility index (Phi) is 7.52. The second-order valence-corrected chi connectivity index (χ2v) is 7.39. The second-order valence-electron chi connectivity index (χ2n) is 7.39. The summed E-state index contributed by atoms with van der Waals surface area (Å²) in [5.74, 6) is 0. The maximum absolute atomic E-state index is 12.3. The number of nitro groups is 1. The highest BCUT2D eigenvalue weighted by Gasteiger charge is 2.35. The molecule has 0 unspecified atom stereocenters. The summed E-state index contributed by atoms with van der Waals surface area (Å²) >= 11 is 0. The van der Waals surface area contributed by atoms with Crippen LogP contribution in [0.3, 0.4) is 0 Å². The molecule has 0 aliphatic carbocycles.